The van der Waals surface area contributed by atoms with E-state index in [1.807, 2.05) is 19.1 Å². The lowest BCUT2D eigenvalue weighted by molar-refractivity contribution is -0.115. The van der Waals surface area contributed by atoms with Crippen LogP contribution in [0.25, 0.3) is 0 Å². The number of ether oxygens (including phenoxy) is 1. The first-order valence-electron chi connectivity index (χ1n) is 6.54. The third-order valence-electron chi connectivity index (χ3n) is 2.95. The van der Waals surface area contributed by atoms with Crippen LogP contribution >= 0.6 is 15.9 Å². The maximum atomic E-state index is 12.0. The molecular weight excluding hydrogens is 356 g/mol. The molecule has 0 fully saturated rings. The van der Waals surface area contributed by atoms with Crippen LogP contribution in [0.5, 0.6) is 5.75 Å². The van der Waals surface area contributed by atoms with Crippen LogP contribution in [0.1, 0.15) is 11.1 Å². The Morgan fingerprint density at radius 2 is 1.91 bits per heavy atom. The molecule has 3 nitrogen and oxygen atoms in total. The fourth-order valence-corrected chi connectivity index (χ4v) is 2.15. The quantitative estimate of drug-likeness (QED) is 0.839. The molecule has 2 aromatic rings. The second-order valence-corrected chi connectivity index (χ2v) is 5.57. The number of hydrogen-bond donors (Lipinski definition) is 1. The van der Waals surface area contributed by atoms with Gasteiger partial charge < -0.3 is 10.1 Å². The van der Waals surface area contributed by atoms with Gasteiger partial charge in [0.25, 0.3) is 0 Å². The SMILES string of the molecule is Cc1cc(NC(=O)Cc2ccc(OC(F)F)cc2)ccc1Br. The number of anilines is 1. The summed E-state index contributed by atoms with van der Waals surface area (Å²) in [6.45, 7) is -0.920. The molecular formula is C16H14BrF2NO2. The van der Waals surface area contributed by atoms with E-state index in [1.165, 1.54) is 12.1 Å². The molecule has 2 aromatic carbocycles. The Bertz CT molecular complexity index is 660. The first-order chi connectivity index (χ1) is 10.4. The van der Waals surface area contributed by atoms with Gasteiger partial charge >= 0.3 is 6.61 Å². The Labute approximate surface area is 135 Å². The fourth-order valence-electron chi connectivity index (χ4n) is 1.90. The summed E-state index contributed by atoms with van der Waals surface area (Å²) in [6, 6.07) is 11.5. The highest BCUT2D eigenvalue weighted by Crippen LogP contribution is 2.20. The number of carbonyl (C=O) groups excluding carboxylic acids is 1. The van der Waals surface area contributed by atoms with Gasteiger partial charge in [0.2, 0.25) is 5.91 Å². The lowest BCUT2D eigenvalue weighted by Crippen LogP contribution is -2.14. The van der Waals surface area contributed by atoms with Crippen LogP contribution in [0, 0.1) is 6.92 Å². The Kier molecular flexibility index (Phi) is 5.49. The molecule has 22 heavy (non-hydrogen) atoms. The minimum absolute atomic E-state index is 0.0719. The normalized spacial score (nSPS) is 10.6. The van der Waals surface area contributed by atoms with Gasteiger partial charge in [-0.15, -0.1) is 0 Å². The molecule has 1 amide bonds. The summed E-state index contributed by atoms with van der Waals surface area (Å²) in [6.07, 6.45) is 0.157. The molecule has 0 atom stereocenters. The molecule has 0 saturated carbocycles. The third-order valence-corrected chi connectivity index (χ3v) is 3.84. The van der Waals surface area contributed by atoms with Crippen LogP contribution in [-0.4, -0.2) is 12.5 Å². The summed E-state index contributed by atoms with van der Waals surface area (Å²) in [4.78, 5) is 12.0. The number of nitrogens with one attached hydrogen (secondary N) is 1. The van der Waals surface area contributed by atoms with Crippen LogP contribution < -0.4 is 10.1 Å². The summed E-state index contributed by atoms with van der Waals surface area (Å²) in [5, 5.41) is 2.79. The topological polar surface area (TPSA) is 38.3 Å². The van der Waals surface area contributed by atoms with Crippen LogP contribution in [-0.2, 0) is 11.2 Å². The van der Waals surface area contributed by atoms with Crippen molar-refractivity contribution < 1.29 is 18.3 Å². The van der Waals surface area contributed by atoms with Crippen LogP contribution in [0.15, 0.2) is 46.9 Å². The van der Waals surface area contributed by atoms with E-state index in [2.05, 4.69) is 26.0 Å². The zero-order valence-electron chi connectivity index (χ0n) is 11.8. The lowest BCUT2D eigenvalue weighted by Gasteiger charge is -2.08. The van der Waals surface area contributed by atoms with Crippen LogP contribution in [0.4, 0.5) is 14.5 Å². The largest absolute Gasteiger partial charge is 0.435 e. The van der Waals surface area contributed by atoms with Crippen molar-refractivity contribution in [3.05, 3.63) is 58.1 Å². The van der Waals surface area contributed by atoms with E-state index in [-0.39, 0.29) is 18.1 Å². The van der Waals surface area contributed by atoms with Crippen molar-refractivity contribution in [1.29, 1.82) is 0 Å². The highest BCUT2D eigenvalue weighted by molar-refractivity contribution is 9.10. The number of hydrogen-bond acceptors (Lipinski definition) is 2. The molecule has 116 valence electrons. The molecule has 0 bridgehead atoms. The first kappa shape index (κ1) is 16.4. The molecule has 2 rings (SSSR count). The minimum Gasteiger partial charge on any atom is -0.435 e. The van der Waals surface area contributed by atoms with Gasteiger partial charge in [0, 0.05) is 10.2 Å². The molecule has 0 aliphatic carbocycles. The highest BCUT2D eigenvalue weighted by atomic mass is 79.9. The number of amides is 1. The summed E-state index contributed by atoms with van der Waals surface area (Å²) in [5.41, 5.74) is 2.45. The van der Waals surface area contributed by atoms with Gasteiger partial charge in [0.1, 0.15) is 5.75 Å². The maximum Gasteiger partial charge on any atom is 0.387 e. The smallest absolute Gasteiger partial charge is 0.387 e. The number of aryl methyl sites for hydroxylation is 1. The summed E-state index contributed by atoms with van der Waals surface area (Å²) < 4.78 is 29.3. The van der Waals surface area contributed by atoms with Gasteiger partial charge in [-0.2, -0.15) is 8.78 Å². The van der Waals surface area contributed by atoms with E-state index in [4.69, 9.17) is 0 Å². The van der Waals surface area contributed by atoms with E-state index < -0.39 is 6.61 Å². The van der Waals surface area contributed by atoms with Crippen LogP contribution in [0.2, 0.25) is 0 Å². The fraction of sp³-hybridized carbons (Fsp3) is 0.188. The predicted molar refractivity (Wildman–Crippen MR) is 84.3 cm³/mol. The number of benzene rings is 2. The molecule has 0 saturated heterocycles. The van der Waals surface area contributed by atoms with E-state index in [0.717, 1.165) is 10.0 Å². The van der Waals surface area contributed by atoms with Crippen molar-refractivity contribution in [2.75, 3.05) is 5.32 Å². The third kappa shape index (κ3) is 4.80. The molecule has 1 N–H and O–H groups in total. The van der Waals surface area contributed by atoms with E-state index in [9.17, 15) is 13.6 Å². The molecule has 0 unspecified atom stereocenters. The standard InChI is InChI=1S/C16H14BrF2NO2/c1-10-8-12(4-7-14(10)17)20-15(21)9-11-2-5-13(6-3-11)22-16(18)19/h2-8,16H,9H2,1H3,(H,20,21). The lowest BCUT2D eigenvalue weighted by atomic mass is 10.1. The maximum absolute atomic E-state index is 12.0. The van der Waals surface area contributed by atoms with Crippen molar-refractivity contribution in [3.8, 4) is 5.75 Å². The van der Waals surface area contributed by atoms with E-state index in [0.29, 0.717) is 11.3 Å². The average molecular weight is 370 g/mol. The van der Waals surface area contributed by atoms with E-state index in [1.54, 1.807) is 18.2 Å². The van der Waals surface area contributed by atoms with Crippen molar-refractivity contribution in [2.45, 2.75) is 20.0 Å². The van der Waals surface area contributed by atoms with Crippen molar-refractivity contribution in [3.63, 3.8) is 0 Å². The van der Waals surface area contributed by atoms with Crippen LogP contribution in [0.3, 0.4) is 0 Å². The molecule has 0 heterocycles. The monoisotopic (exact) mass is 369 g/mol. The Morgan fingerprint density at radius 3 is 2.50 bits per heavy atom. The van der Waals surface area contributed by atoms with Crippen molar-refractivity contribution in [2.24, 2.45) is 0 Å². The number of rotatable bonds is 5. The summed E-state index contributed by atoms with van der Waals surface area (Å²) in [7, 11) is 0. The summed E-state index contributed by atoms with van der Waals surface area (Å²) in [5.74, 6) is -0.105. The number of halogens is 3. The zero-order valence-corrected chi connectivity index (χ0v) is 13.4. The molecule has 0 aromatic heterocycles. The number of carbonyl (C=O) groups is 1. The van der Waals surface area contributed by atoms with Gasteiger partial charge in [-0.05, 0) is 48.4 Å². The zero-order chi connectivity index (χ0) is 16.1. The average Bonchev–Trinajstić information content (AvgIpc) is 2.44. The first-order valence-corrected chi connectivity index (χ1v) is 7.33. The molecule has 0 aliphatic heterocycles. The van der Waals surface area contributed by atoms with Gasteiger partial charge in [-0.3, -0.25) is 4.79 Å². The predicted octanol–water partition coefficient (Wildman–Crippen LogP) is 4.54. The number of alkyl halides is 2. The van der Waals surface area contributed by atoms with Gasteiger partial charge in [0.05, 0.1) is 6.42 Å². The highest BCUT2D eigenvalue weighted by Gasteiger charge is 2.07. The van der Waals surface area contributed by atoms with Crippen molar-refractivity contribution >= 4 is 27.5 Å². The second kappa shape index (κ2) is 7.35. The molecule has 0 spiro atoms. The Hall–Kier alpha value is -1.95. The van der Waals surface area contributed by atoms with Gasteiger partial charge in [-0.1, -0.05) is 28.1 Å². The second-order valence-electron chi connectivity index (χ2n) is 4.71. The summed E-state index contributed by atoms with van der Waals surface area (Å²) >= 11 is 3.40. The minimum atomic E-state index is -2.85. The molecule has 6 heteroatoms. The Balaban J connectivity index is 1.95. The molecule has 0 radical (unpaired) electrons. The Morgan fingerprint density at radius 1 is 1.23 bits per heavy atom. The molecule has 0 aliphatic rings. The van der Waals surface area contributed by atoms with Gasteiger partial charge in [0.15, 0.2) is 0 Å². The van der Waals surface area contributed by atoms with Crippen molar-refractivity contribution in [1.82, 2.24) is 0 Å². The van der Waals surface area contributed by atoms with E-state index >= 15 is 0 Å². The van der Waals surface area contributed by atoms with Gasteiger partial charge in [-0.25, -0.2) is 0 Å².